The van der Waals surface area contributed by atoms with E-state index < -0.39 is 0 Å². The maximum Gasteiger partial charge on any atom is 0.155 e. The molecule has 0 aliphatic rings. The molecule has 0 atom stereocenters. The van der Waals surface area contributed by atoms with Crippen LogP contribution in [0, 0.1) is 0 Å². The van der Waals surface area contributed by atoms with Crippen LogP contribution in [-0.2, 0) is 0 Å². The Hall–Kier alpha value is -0.830. The lowest BCUT2D eigenvalue weighted by molar-refractivity contribution is 0.844. The Morgan fingerprint density at radius 1 is 1.45 bits per heavy atom. The third kappa shape index (κ3) is 1.80. The molecule has 2 N–H and O–H groups in total. The van der Waals surface area contributed by atoms with Crippen molar-refractivity contribution in [2.75, 3.05) is 5.73 Å². The standard InChI is InChI=1S/C7H10ClN3/c1-4(2)5-3-6(9)10-11-7(5)8/h3-4H,1-2H3,(H2,9,10). The number of halogens is 1. The fraction of sp³-hybridized carbons (Fsp3) is 0.429. The smallest absolute Gasteiger partial charge is 0.155 e. The first-order valence-electron chi connectivity index (χ1n) is 3.40. The van der Waals surface area contributed by atoms with E-state index in [1.165, 1.54) is 0 Å². The number of rotatable bonds is 1. The molecule has 0 bridgehead atoms. The van der Waals surface area contributed by atoms with Crippen molar-refractivity contribution in [3.63, 3.8) is 0 Å². The number of nitrogens with zero attached hydrogens (tertiary/aromatic N) is 2. The van der Waals surface area contributed by atoms with Crippen molar-refractivity contribution in [3.05, 3.63) is 16.8 Å². The molecule has 11 heavy (non-hydrogen) atoms. The van der Waals surface area contributed by atoms with E-state index in [1.807, 2.05) is 13.8 Å². The van der Waals surface area contributed by atoms with E-state index in [2.05, 4.69) is 10.2 Å². The van der Waals surface area contributed by atoms with E-state index >= 15 is 0 Å². The molecule has 0 fully saturated rings. The Kier molecular flexibility index (Phi) is 2.29. The SMILES string of the molecule is CC(C)c1cc(N)nnc1Cl. The lowest BCUT2D eigenvalue weighted by Crippen LogP contribution is -1.98. The van der Waals surface area contributed by atoms with Gasteiger partial charge in [0.15, 0.2) is 5.15 Å². The largest absolute Gasteiger partial charge is 0.382 e. The van der Waals surface area contributed by atoms with Crippen molar-refractivity contribution < 1.29 is 0 Å². The molecule has 1 rings (SSSR count). The average molecular weight is 172 g/mol. The summed E-state index contributed by atoms with van der Waals surface area (Å²) in [4.78, 5) is 0. The zero-order valence-corrected chi connectivity index (χ0v) is 7.26. The highest BCUT2D eigenvalue weighted by molar-refractivity contribution is 6.30. The van der Waals surface area contributed by atoms with E-state index in [4.69, 9.17) is 17.3 Å². The molecule has 0 saturated heterocycles. The van der Waals surface area contributed by atoms with E-state index in [0.29, 0.717) is 16.9 Å². The van der Waals surface area contributed by atoms with Gasteiger partial charge < -0.3 is 5.73 Å². The molecule has 60 valence electrons. The van der Waals surface area contributed by atoms with Gasteiger partial charge in [-0.1, -0.05) is 25.4 Å². The van der Waals surface area contributed by atoms with Gasteiger partial charge in [-0.3, -0.25) is 0 Å². The molecule has 0 amide bonds. The van der Waals surface area contributed by atoms with Gasteiger partial charge in [-0.05, 0) is 17.5 Å². The Morgan fingerprint density at radius 2 is 2.09 bits per heavy atom. The minimum Gasteiger partial charge on any atom is -0.382 e. The second-order valence-electron chi connectivity index (χ2n) is 2.67. The Bertz CT molecular complexity index is 260. The van der Waals surface area contributed by atoms with Crippen molar-refractivity contribution in [2.45, 2.75) is 19.8 Å². The summed E-state index contributed by atoms with van der Waals surface area (Å²) in [6.45, 7) is 4.06. The van der Waals surface area contributed by atoms with Crippen LogP contribution < -0.4 is 5.73 Å². The maximum atomic E-state index is 5.76. The van der Waals surface area contributed by atoms with Crippen LogP contribution in [0.2, 0.25) is 5.15 Å². The quantitative estimate of drug-likeness (QED) is 0.702. The second kappa shape index (κ2) is 3.05. The molecule has 3 nitrogen and oxygen atoms in total. The molecular formula is C7H10ClN3. The summed E-state index contributed by atoms with van der Waals surface area (Å²) in [5.74, 6) is 0.749. The van der Waals surface area contributed by atoms with Gasteiger partial charge >= 0.3 is 0 Å². The van der Waals surface area contributed by atoms with Crippen LogP contribution in [0.15, 0.2) is 6.07 Å². The van der Waals surface area contributed by atoms with Crippen molar-refractivity contribution in [1.29, 1.82) is 0 Å². The van der Waals surface area contributed by atoms with Crippen molar-refractivity contribution in [1.82, 2.24) is 10.2 Å². The van der Waals surface area contributed by atoms with Crippen molar-refractivity contribution in [3.8, 4) is 0 Å². The lowest BCUT2D eigenvalue weighted by atomic mass is 10.1. The summed E-state index contributed by atoms with van der Waals surface area (Å²) in [6.07, 6.45) is 0. The zero-order chi connectivity index (χ0) is 8.43. The van der Waals surface area contributed by atoms with Gasteiger partial charge in [0.25, 0.3) is 0 Å². The molecular weight excluding hydrogens is 162 g/mol. The molecule has 0 radical (unpaired) electrons. The summed E-state index contributed by atoms with van der Waals surface area (Å²) >= 11 is 5.76. The van der Waals surface area contributed by atoms with E-state index in [1.54, 1.807) is 6.07 Å². The molecule has 4 heteroatoms. The average Bonchev–Trinajstić information content (AvgIpc) is 1.94. The van der Waals surface area contributed by atoms with Crippen molar-refractivity contribution in [2.24, 2.45) is 0 Å². The topological polar surface area (TPSA) is 51.8 Å². The van der Waals surface area contributed by atoms with E-state index in [-0.39, 0.29) is 0 Å². The van der Waals surface area contributed by atoms with Crippen molar-refractivity contribution >= 4 is 17.4 Å². The molecule has 0 aliphatic carbocycles. The third-order valence-electron chi connectivity index (χ3n) is 1.42. The fourth-order valence-corrected chi connectivity index (χ4v) is 1.12. The number of anilines is 1. The highest BCUT2D eigenvalue weighted by atomic mass is 35.5. The van der Waals surface area contributed by atoms with Crippen LogP contribution in [0.4, 0.5) is 5.82 Å². The summed E-state index contributed by atoms with van der Waals surface area (Å²) in [5.41, 5.74) is 6.38. The fourth-order valence-electron chi connectivity index (χ4n) is 0.812. The Morgan fingerprint density at radius 3 is 2.55 bits per heavy atom. The molecule has 0 aliphatic heterocycles. The molecule has 0 saturated carbocycles. The normalized spacial score (nSPS) is 10.5. The van der Waals surface area contributed by atoms with Gasteiger partial charge in [0.05, 0.1) is 0 Å². The van der Waals surface area contributed by atoms with Crippen LogP contribution in [0.1, 0.15) is 25.3 Å². The van der Waals surface area contributed by atoms with E-state index in [9.17, 15) is 0 Å². The maximum absolute atomic E-state index is 5.76. The van der Waals surface area contributed by atoms with Gasteiger partial charge in [0, 0.05) is 0 Å². The Labute approximate surface area is 70.6 Å². The minimum absolute atomic E-state index is 0.334. The number of hydrogen-bond acceptors (Lipinski definition) is 3. The summed E-state index contributed by atoms with van der Waals surface area (Å²) in [5, 5.41) is 7.75. The molecule has 0 unspecified atom stereocenters. The van der Waals surface area contributed by atoms with Crippen LogP contribution in [-0.4, -0.2) is 10.2 Å². The van der Waals surface area contributed by atoms with Crippen LogP contribution in [0.25, 0.3) is 0 Å². The van der Waals surface area contributed by atoms with Crippen LogP contribution in [0.5, 0.6) is 0 Å². The predicted octanol–water partition coefficient (Wildman–Crippen LogP) is 1.84. The first kappa shape index (κ1) is 8.27. The summed E-state index contributed by atoms with van der Waals surface area (Å²) in [7, 11) is 0. The number of aromatic nitrogens is 2. The first-order valence-corrected chi connectivity index (χ1v) is 3.77. The van der Waals surface area contributed by atoms with Crippen LogP contribution in [0.3, 0.4) is 0 Å². The highest BCUT2D eigenvalue weighted by Crippen LogP contribution is 2.22. The lowest BCUT2D eigenvalue weighted by Gasteiger charge is -2.05. The molecule has 0 spiro atoms. The second-order valence-corrected chi connectivity index (χ2v) is 3.03. The molecule has 1 aromatic rings. The van der Waals surface area contributed by atoms with Gasteiger partial charge in [0.1, 0.15) is 5.82 Å². The van der Waals surface area contributed by atoms with E-state index in [0.717, 1.165) is 5.56 Å². The minimum atomic E-state index is 0.334. The molecule has 1 heterocycles. The van der Waals surface area contributed by atoms with Gasteiger partial charge in [-0.15, -0.1) is 10.2 Å². The van der Waals surface area contributed by atoms with Gasteiger partial charge in [-0.25, -0.2) is 0 Å². The zero-order valence-electron chi connectivity index (χ0n) is 6.50. The summed E-state index contributed by atoms with van der Waals surface area (Å²) < 4.78 is 0. The number of hydrogen-bond donors (Lipinski definition) is 1. The number of nitrogens with two attached hydrogens (primary N) is 1. The van der Waals surface area contributed by atoms with Crippen LogP contribution >= 0.6 is 11.6 Å². The summed E-state index contributed by atoms with van der Waals surface area (Å²) in [6, 6.07) is 1.75. The third-order valence-corrected chi connectivity index (χ3v) is 1.71. The van der Waals surface area contributed by atoms with Gasteiger partial charge in [0.2, 0.25) is 0 Å². The first-order chi connectivity index (χ1) is 5.11. The highest BCUT2D eigenvalue weighted by Gasteiger charge is 2.06. The molecule has 1 aromatic heterocycles. The predicted molar refractivity (Wildman–Crippen MR) is 45.5 cm³/mol. The monoisotopic (exact) mass is 171 g/mol. The molecule has 0 aromatic carbocycles. The van der Waals surface area contributed by atoms with Gasteiger partial charge in [-0.2, -0.15) is 0 Å². The number of nitrogen functional groups attached to an aromatic ring is 1. The Balaban J connectivity index is 3.13.